The molecule has 0 heterocycles. The standard InChI is InChI=1S/C18H23N3O2/c1-12-5-4-6-16(13(12)2)21-17-8-7-14(19)11-15(17)18(22)20-9-10-23-3/h4-8,11,21H,9-10,19H2,1-3H3,(H,20,22). The number of benzene rings is 2. The van der Waals surface area contributed by atoms with Gasteiger partial charge in [-0.2, -0.15) is 0 Å². The maximum Gasteiger partial charge on any atom is 0.253 e. The van der Waals surface area contributed by atoms with Gasteiger partial charge in [0.1, 0.15) is 0 Å². The Kier molecular flexibility index (Phi) is 5.60. The summed E-state index contributed by atoms with van der Waals surface area (Å²) in [7, 11) is 1.60. The summed E-state index contributed by atoms with van der Waals surface area (Å²) in [5, 5.41) is 6.15. The van der Waals surface area contributed by atoms with Crippen LogP contribution in [0.2, 0.25) is 0 Å². The van der Waals surface area contributed by atoms with Crippen LogP contribution >= 0.6 is 0 Å². The normalized spacial score (nSPS) is 10.4. The molecule has 4 N–H and O–H groups in total. The fourth-order valence-electron chi connectivity index (χ4n) is 2.25. The van der Waals surface area contributed by atoms with Gasteiger partial charge in [0, 0.05) is 25.0 Å². The quantitative estimate of drug-likeness (QED) is 0.566. The van der Waals surface area contributed by atoms with Gasteiger partial charge >= 0.3 is 0 Å². The maximum absolute atomic E-state index is 12.4. The zero-order valence-electron chi connectivity index (χ0n) is 13.8. The Morgan fingerprint density at radius 1 is 1.17 bits per heavy atom. The summed E-state index contributed by atoms with van der Waals surface area (Å²) >= 11 is 0. The van der Waals surface area contributed by atoms with E-state index in [1.165, 1.54) is 5.56 Å². The predicted octanol–water partition coefficient (Wildman–Crippen LogP) is 3.01. The van der Waals surface area contributed by atoms with Crippen LogP contribution < -0.4 is 16.4 Å². The van der Waals surface area contributed by atoms with Crippen molar-refractivity contribution in [1.29, 1.82) is 0 Å². The number of carbonyl (C=O) groups excluding carboxylic acids is 1. The van der Waals surface area contributed by atoms with Crippen LogP contribution in [0.3, 0.4) is 0 Å². The molecule has 23 heavy (non-hydrogen) atoms. The Hall–Kier alpha value is -2.53. The van der Waals surface area contributed by atoms with E-state index in [1.807, 2.05) is 25.1 Å². The smallest absolute Gasteiger partial charge is 0.253 e. The number of hydrogen-bond acceptors (Lipinski definition) is 4. The molecular formula is C18H23N3O2. The lowest BCUT2D eigenvalue weighted by molar-refractivity contribution is 0.0938. The van der Waals surface area contributed by atoms with Crippen LogP contribution in [-0.2, 0) is 4.74 Å². The van der Waals surface area contributed by atoms with Crippen molar-refractivity contribution in [2.45, 2.75) is 13.8 Å². The first-order chi connectivity index (χ1) is 11.0. The second-order valence-corrected chi connectivity index (χ2v) is 5.43. The molecule has 122 valence electrons. The third-order valence-electron chi connectivity index (χ3n) is 3.75. The Bertz CT molecular complexity index is 699. The summed E-state index contributed by atoms with van der Waals surface area (Å²) in [5.41, 5.74) is 10.9. The third-order valence-corrected chi connectivity index (χ3v) is 3.75. The molecule has 0 atom stereocenters. The SMILES string of the molecule is COCCNC(=O)c1cc(N)ccc1Nc1cccc(C)c1C. The number of methoxy groups -OCH3 is 1. The molecule has 0 aliphatic heterocycles. The molecule has 0 saturated heterocycles. The highest BCUT2D eigenvalue weighted by molar-refractivity contribution is 6.01. The summed E-state index contributed by atoms with van der Waals surface area (Å²) in [6.07, 6.45) is 0. The highest BCUT2D eigenvalue weighted by Crippen LogP contribution is 2.26. The number of ether oxygens (including phenoxy) is 1. The molecule has 0 bridgehead atoms. The minimum Gasteiger partial charge on any atom is -0.399 e. The van der Waals surface area contributed by atoms with E-state index in [2.05, 4.69) is 23.6 Å². The predicted molar refractivity (Wildman–Crippen MR) is 94.3 cm³/mol. The molecule has 0 aromatic heterocycles. The van der Waals surface area contributed by atoms with Crippen LogP contribution in [0.4, 0.5) is 17.1 Å². The van der Waals surface area contributed by atoms with Gasteiger partial charge in [0.2, 0.25) is 0 Å². The fraction of sp³-hybridized carbons (Fsp3) is 0.278. The van der Waals surface area contributed by atoms with E-state index in [0.29, 0.717) is 24.4 Å². The number of rotatable bonds is 6. The molecule has 0 unspecified atom stereocenters. The Morgan fingerprint density at radius 3 is 2.70 bits per heavy atom. The molecular weight excluding hydrogens is 290 g/mol. The average Bonchev–Trinajstić information content (AvgIpc) is 2.53. The molecule has 0 fully saturated rings. The number of nitrogens with two attached hydrogens (primary N) is 1. The third kappa shape index (κ3) is 4.23. The van der Waals surface area contributed by atoms with E-state index in [0.717, 1.165) is 16.9 Å². The van der Waals surface area contributed by atoms with Crippen molar-refractivity contribution in [3.8, 4) is 0 Å². The number of anilines is 3. The number of nitrogen functional groups attached to an aromatic ring is 1. The van der Waals surface area contributed by atoms with Crippen molar-refractivity contribution in [3.63, 3.8) is 0 Å². The summed E-state index contributed by atoms with van der Waals surface area (Å²) in [6.45, 7) is 5.02. The maximum atomic E-state index is 12.4. The molecule has 0 saturated carbocycles. The first-order valence-electron chi connectivity index (χ1n) is 7.53. The van der Waals surface area contributed by atoms with E-state index in [1.54, 1.807) is 19.2 Å². The van der Waals surface area contributed by atoms with Crippen molar-refractivity contribution < 1.29 is 9.53 Å². The monoisotopic (exact) mass is 313 g/mol. The second kappa shape index (κ2) is 7.65. The average molecular weight is 313 g/mol. The van der Waals surface area contributed by atoms with Gasteiger partial charge in [-0.3, -0.25) is 4.79 Å². The van der Waals surface area contributed by atoms with E-state index in [-0.39, 0.29) is 5.91 Å². The molecule has 5 nitrogen and oxygen atoms in total. The van der Waals surface area contributed by atoms with Gasteiger partial charge in [-0.15, -0.1) is 0 Å². The molecule has 2 aromatic carbocycles. The lowest BCUT2D eigenvalue weighted by Crippen LogP contribution is -2.27. The van der Waals surface area contributed by atoms with Crippen LogP contribution in [0.5, 0.6) is 0 Å². The highest BCUT2D eigenvalue weighted by atomic mass is 16.5. The van der Waals surface area contributed by atoms with Crippen molar-refractivity contribution in [1.82, 2.24) is 5.32 Å². The molecule has 2 aromatic rings. The van der Waals surface area contributed by atoms with E-state index >= 15 is 0 Å². The van der Waals surface area contributed by atoms with Crippen LogP contribution in [0.15, 0.2) is 36.4 Å². The highest BCUT2D eigenvalue weighted by Gasteiger charge is 2.13. The number of amides is 1. The fourth-order valence-corrected chi connectivity index (χ4v) is 2.25. The largest absolute Gasteiger partial charge is 0.399 e. The van der Waals surface area contributed by atoms with E-state index in [9.17, 15) is 4.79 Å². The van der Waals surface area contributed by atoms with E-state index < -0.39 is 0 Å². The first kappa shape index (κ1) is 16.8. The summed E-state index contributed by atoms with van der Waals surface area (Å²) in [4.78, 5) is 12.4. The number of nitrogens with one attached hydrogen (secondary N) is 2. The molecule has 5 heteroatoms. The minimum atomic E-state index is -0.179. The van der Waals surface area contributed by atoms with Gasteiger partial charge in [0.15, 0.2) is 0 Å². The van der Waals surface area contributed by atoms with E-state index in [4.69, 9.17) is 10.5 Å². The topological polar surface area (TPSA) is 76.4 Å². The van der Waals surface area contributed by atoms with Crippen LogP contribution in [-0.4, -0.2) is 26.2 Å². The zero-order valence-corrected chi connectivity index (χ0v) is 13.8. The van der Waals surface area contributed by atoms with Crippen molar-refractivity contribution in [3.05, 3.63) is 53.1 Å². The molecule has 1 amide bonds. The van der Waals surface area contributed by atoms with Gasteiger partial charge in [0.25, 0.3) is 5.91 Å². The van der Waals surface area contributed by atoms with Crippen LogP contribution in [0.25, 0.3) is 0 Å². The molecule has 0 aliphatic rings. The molecule has 2 rings (SSSR count). The van der Waals surface area contributed by atoms with Crippen molar-refractivity contribution in [2.24, 2.45) is 0 Å². The lowest BCUT2D eigenvalue weighted by atomic mass is 10.1. The number of carbonyl (C=O) groups is 1. The number of aryl methyl sites for hydroxylation is 1. The molecule has 0 spiro atoms. The zero-order chi connectivity index (χ0) is 16.8. The summed E-state index contributed by atoms with van der Waals surface area (Å²) in [6, 6.07) is 11.3. The van der Waals surface area contributed by atoms with Gasteiger partial charge in [-0.1, -0.05) is 12.1 Å². The van der Waals surface area contributed by atoms with Gasteiger partial charge in [-0.25, -0.2) is 0 Å². The number of hydrogen-bond donors (Lipinski definition) is 3. The van der Waals surface area contributed by atoms with Crippen LogP contribution in [0.1, 0.15) is 21.5 Å². The first-order valence-corrected chi connectivity index (χ1v) is 7.53. The minimum absolute atomic E-state index is 0.179. The van der Waals surface area contributed by atoms with Gasteiger partial charge in [-0.05, 0) is 49.2 Å². The lowest BCUT2D eigenvalue weighted by Gasteiger charge is -2.15. The van der Waals surface area contributed by atoms with Crippen LogP contribution in [0, 0.1) is 13.8 Å². The summed E-state index contributed by atoms with van der Waals surface area (Å²) in [5.74, 6) is -0.179. The molecule has 0 radical (unpaired) electrons. The Morgan fingerprint density at radius 2 is 1.96 bits per heavy atom. The van der Waals surface area contributed by atoms with Crippen molar-refractivity contribution in [2.75, 3.05) is 31.3 Å². The Labute approximate surface area is 136 Å². The van der Waals surface area contributed by atoms with Crippen molar-refractivity contribution >= 4 is 23.0 Å². The summed E-state index contributed by atoms with van der Waals surface area (Å²) < 4.78 is 4.95. The van der Waals surface area contributed by atoms with Gasteiger partial charge in [0.05, 0.1) is 17.9 Å². The second-order valence-electron chi connectivity index (χ2n) is 5.43. The Balaban J connectivity index is 2.28. The molecule has 0 aliphatic carbocycles. The van der Waals surface area contributed by atoms with Gasteiger partial charge < -0.3 is 21.1 Å².